The predicted octanol–water partition coefficient (Wildman–Crippen LogP) is 2.77. The molecule has 2 amide bonds. The van der Waals surface area contributed by atoms with Crippen molar-refractivity contribution >= 4 is 73.0 Å². The van der Waals surface area contributed by atoms with E-state index < -0.39 is 17.8 Å². The van der Waals surface area contributed by atoms with Gasteiger partial charge in [-0.2, -0.15) is 0 Å². The Hall–Kier alpha value is -2.76. The second kappa shape index (κ2) is 10.9. The van der Waals surface area contributed by atoms with Gasteiger partial charge in [0.15, 0.2) is 10.9 Å². The summed E-state index contributed by atoms with van der Waals surface area (Å²) >= 11 is 11.3. The Morgan fingerprint density at radius 2 is 1.77 bits per heavy atom. The molecule has 156 valence electrons. The van der Waals surface area contributed by atoms with Crippen LogP contribution in [0.4, 0.5) is 0 Å². The highest BCUT2D eigenvalue weighted by atomic mass is 79.9. The highest BCUT2D eigenvalue weighted by Crippen LogP contribution is 2.34. The van der Waals surface area contributed by atoms with E-state index in [1.54, 1.807) is 42.5 Å². The molecule has 2 aromatic rings. The van der Waals surface area contributed by atoms with Crippen molar-refractivity contribution in [3.63, 3.8) is 0 Å². The average Bonchev–Trinajstić information content (AvgIpc) is 2.68. The van der Waals surface area contributed by atoms with Crippen molar-refractivity contribution in [3.8, 4) is 5.75 Å². The number of thiocarbonyl (C=S) groups is 1. The predicted molar refractivity (Wildman–Crippen MR) is 123 cm³/mol. The van der Waals surface area contributed by atoms with E-state index in [0.717, 1.165) is 0 Å². The average molecular weight is 556 g/mol. The molecule has 0 heterocycles. The molecule has 2 aromatic carbocycles. The van der Waals surface area contributed by atoms with Crippen LogP contribution in [0.2, 0.25) is 0 Å². The number of halogens is 2. The van der Waals surface area contributed by atoms with Crippen molar-refractivity contribution in [2.75, 3.05) is 0 Å². The van der Waals surface area contributed by atoms with Gasteiger partial charge in [0.05, 0.1) is 4.47 Å². The number of nitrogens with two attached hydrogens (primary N) is 1. The maximum atomic E-state index is 12.6. The lowest BCUT2D eigenvalue weighted by Crippen LogP contribution is -2.47. The third-order valence-corrected chi connectivity index (χ3v) is 4.56. The molecule has 0 aliphatic rings. The fourth-order valence-corrected chi connectivity index (χ4v) is 3.61. The number of hydrogen-bond acceptors (Lipinski definition) is 5. The second-order valence-electron chi connectivity index (χ2n) is 5.72. The molecule has 8 nitrogen and oxygen atoms in total. The van der Waals surface area contributed by atoms with Crippen LogP contribution in [0.1, 0.15) is 22.8 Å². The molecular formula is C19H16Br2N4O4S. The quantitative estimate of drug-likeness (QED) is 0.147. The molecule has 0 saturated heterocycles. The molecule has 30 heavy (non-hydrogen) atoms. The lowest BCUT2D eigenvalue weighted by Gasteiger charge is -2.14. The third-order valence-electron chi connectivity index (χ3n) is 3.41. The fourth-order valence-electron chi connectivity index (χ4n) is 2.22. The number of hydrogen-bond donors (Lipinski definition) is 4. The Morgan fingerprint density at radius 3 is 2.37 bits per heavy atom. The summed E-state index contributed by atoms with van der Waals surface area (Å²) in [6.07, 6.45) is 1.35. The summed E-state index contributed by atoms with van der Waals surface area (Å²) in [6, 6.07) is 11.6. The minimum absolute atomic E-state index is 0.147. The minimum Gasteiger partial charge on any atom is -0.425 e. The van der Waals surface area contributed by atoms with E-state index in [-0.39, 0.29) is 16.6 Å². The molecule has 0 saturated carbocycles. The van der Waals surface area contributed by atoms with Crippen molar-refractivity contribution in [3.05, 3.63) is 68.2 Å². The summed E-state index contributed by atoms with van der Waals surface area (Å²) < 4.78 is 6.36. The van der Waals surface area contributed by atoms with Gasteiger partial charge in [-0.15, -0.1) is 0 Å². The molecule has 11 heteroatoms. The van der Waals surface area contributed by atoms with E-state index in [4.69, 9.17) is 10.5 Å². The van der Waals surface area contributed by atoms with E-state index >= 15 is 0 Å². The van der Waals surface area contributed by atoms with Gasteiger partial charge in [-0.05, 0) is 58.5 Å². The van der Waals surface area contributed by atoms with E-state index in [2.05, 4.69) is 60.2 Å². The van der Waals surface area contributed by atoms with Crippen molar-refractivity contribution in [2.45, 2.75) is 6.92 Å². The van der Waals surface area contributed by atoms with Crippen LogP contribution in [0, 0.1) is 0 Å². The standard InChI is InChI=1S/C19H16Br2N4O4S/c1-10(26)29-16-12(7-13(20)9-14(16)21)8-15(18(28)24-25-19(22)30)23-17(27)11-5-3-2-4-6-11/h2-9H,1H3,(H,23,27)(H,24,28)(H3,22,25,30)/b15-8+. The number of nitrogens with one attached hydrogen (secondary N) is 3. The van der Waals surface area contributed by atoms with E-state index in [9.17, 15) is 14.4 Å². The van der Waals surface area contributed by atoms with Crippen molar-refractivity contribution in [1.29, 1.82) is 0 Å². The number of esters is 1. The maximum absolute atomic E-state index is 12.6. The SMILES string of the molecule is CC(=O)Oc1c(Br)cc(Br)cc1/C=C(/NC(=O)c1ccccc1)C(=O)NNC(N)=S. The van der Waals surface area contributed by atoms with Crippen molar-refractivity contribution in [1.82, 2.24) is 16.2 Å². The molecule has 0 unspecified atom stereocenters. The van der Waals surface area contributed by atoms with Gasteiger partial charge in [0.2, 0.25) is 0 Å². The number of ether oxygens (including phenoxy) is 1. The molecule has 0 aliphatic heterocycles. The number of benzene rings is 2. The van der Waals surface area contributed by atoms with Crippen LogP contribution >= 0.6 is 44.1 Å². The Morgan fingerprint density at radius 1 is 1.10 bits per heavy atom. The number of carbonyl (C=O) groups excluding carboxylic acids is 3. The summed E-state index contributed by atoms with van der Waals surface area (Å²) in [6.45, 7) is 1.25. The van der Waals surface area contributed by atoms with Crippen molar-refractivity contribution < 1.29 is 19.1 Å². The highest BCUT2D eigenvalue weighted by Gasteiger charge is 2.18. The topological polar surface area (TPSA) is 123 Å². The van der Waals surface area contributed by atoms with Crippen LogP contribution in [0.25, 0.3) is 6.08 Å². The fraction of sp³-hybridized carbons (Fsp3) is 0.0526. The number of amides is 2. The molecule has 0 spiro atoms. The van der Waals surface area contributed by atoms with Gasteiger partial charge in [0.1, 0.15) is 5.70 Å². The Labute approximate surface area is 194 Å². The zero-order chi connectivity index (χ0) is 22.3. The molecule has 0 atom stereocenters. The van der Waals surface area contributed by atoms with Crippen LogP contribution in [-0.4, -0.2) is 22.9 Å². The first-order valence-electron chi connectivity index (χ1n) is 8.28. The second-order valence-corrected chi connectivity index (χ2v) is 7.93. The number of carbonyl (C=O) groups is 3. The van der Waals surface area contributed by atoms with E-state index in [1.807, 2.05) is 0 Å². The van der Waals surface area contributed by atoms with Gasteiger partial charge in [-0.3, -0.25) is 25.2 Å². The highest BCUT2D eigenvalue weighted by molar-refractivity contribution is 9.11. The molecule has 0 radical (unpaired) electrons. The van der Waals surface area contributed by atoms with Crippen LogP contribution in [0.15, 0.2) is 57.1 Å². The summed E-state index contributed by atoms with van der Waals surface area (Å²) in [5, 5.41) is 2.38. The zero-order valence-electron chi connectivity index (χ0n) is 15.5. The number of hydrazine groups is 1. The Balaban J connectivity index is 2.49. The van der Waals surface area contributed by atoms with Crippen molar-refractivity contribution in [2.24, 2.45) is 5.73 Å². The van der Waals surface area contributed by atoms with E-state index in [1.165, 1.54) is 13.0 Å². The summed E-state index contributed by atoms with van der Waals surface area (Å²) in [4.78, 5) is 36.7. The first-order chi connectivity index (χ1) is 14.2. The first kappa shape index (κ1) is 23.5. The first-order valence-corrected chi connectivity index (χ1v) is 10.3. The molecule has 0 fully saturated rings. The van der Waals surface area contributed by atoms with Gasteiger partial charge < -0.3 is 15.8 Å². The largest absolute Gasteiger partial charge is 0.425 e. The zero-order valence-corrected chi connectivity index (χ0v) is 19.5. The molecular weight excluding hydrogens is 540 g/mol. The lowest BCUT2D eigenvalue weighted by molar-refractivity contribution is -0.132. The smallest absolute Gasteiger partial charge is 0.308 e. The minimum atomic E-state index is -0.725. The molecule has 0 aliphatic carbocycles. The Kier molecular flexibility index (Phi) is 8.51. The maximum Gasteiger partial charge on any atom is 0.308 e. The van der Waals surface area contributed by atoms with Gasteiger partial charge in [-0.1, -0.05) is 34.1 Å². The van der Waals surface area contributed by atoms with Gasteiger partial charge in [0.25, 0.3) is 11.8 Å². The third kappa shape index (κ3) is 6.94. The normalized spacial score (nSPS) is 10.7. The Bertz CT molecular complexity index is 1030. The van der Waals surface area contributed by atoms with E-state index in [0.29, 0.717) is 20.1 Å². The molecule has 0 aromatic heterocycles. The summed E-state index contributed by atoms with van der Waals surface area (Å²) in [5.74, 6) is -1.62. The van der Waals surface area contributed by atoms with Gasteiger partial charge >= 0.3 is 5.97 Å². The molecule has 5 N–H and O–H groups in total. The number of rotatable bonds is 5. The van der Waals surface area contributed by atoms with Crippen LogP contribution in [0.5, 0.6) is 5.75 Å². The van der Waals surface area contributed by atoms with Gasteiger partial charge in [-0.25, -0.2) is 0 Å². The van der Waals surface area contributed by atoms with Crippen LogP contribution in [0.3, 0.4) is 0 Å². The summed E-state index contributed by atoms with van der Waals surface area (Å²) in [5.41, 5.74) is 10.5. The monoisotopic (exact) mass is 554 g/mol. The summed E-state index contributed by atoms with van der Waals surface area (Å²) in [7, 11) is 0. The van der Waals surface area contributed by atoms with Crippen LogP contribution < -0.4 is 26.6 Å². The van der Waals surface area contributed by atoms with Crippen LogP contribution in [-0.2, 0) is 9.59 Å². The molecule has 0 bridgehead atoms. The lowest BCUT2D eigenvalue weighted by atomic mass is 10.1. The van der Waals surface area contributed by atoms with Gasteiger partial charge in [0, 0.05) is 22.5 Å². The molecule has 2 rings (SSSR count).